The van der Waals surface area contributed by atoms with E-state index in [-0.39, 0.29) is 0 Å². The van der Waals surface area contributed by atoms with Crippen molar-refractivity contribution in [1.29, 1.82) is 0 Å². The molecule has 0 saturated carbocycles. The van der Waals surface area contributed by atoms with E-state index >= 15 is 0 Å². The van der Waals surface area contributed by atoms with Crippen molar-refractivity contribution in [3.8, 4) is 11.5 Å². The van der Waals surface area contributed by atoms with E-state index in [0.717, 1.165) is 16.6 Å². The minimum Gasteiger partial charge on any atom is -0.435 e. The summed E-state index contributed by atoms with van der Waals surface area (Å²) in [5.41, 5.74) is 5.97. The van der Waals surface area contributed by atoms with Gasteiger partial charge in [-0.2, -0.15) is 0 Å². The third-order valence-electron chi connectivity index (χ3n) is 3.42. The summed E-state index contributed by atoms with van der Waals surface area (Å²) in [7, 11) is 0. The molecule has 3 heteroatoms. The van der Waals surface area contributed by atoms with Crippen molar-refractivity contribution < 1.29 is 4.42 Å². The van der Waals surface area contributed by atoms with Crippen molar-refractivity contribution in [2.75, 3.05) is 0 Å². The molecule has 0 atom stereocenters. The standard InChI is InChI=1S/C16H14ClNO/c1-9-7-13(17)15-14(8-9)18-16(19-15)12-6-4-5-10(2)11(12)3/h4-8H,1-3H3. The first-order chi connectivity index (χ1) is 9.06. The lowest BCUT2D eigenvalue weighted by molar-refractivity contribution is 0.619. The lowest BCUT2D eigenvalue weighted by Gasteiger charge is -2.03. The van der Waals surface area contributed by atoms with Gasteiger partial charge in [-0.05, 0) is 55.7 Å². The summed E-state index contributed by atoms with van der Waals surface area (Å²) in [5, 5.41) is 0.610. The highest BCUT2D eigenvalue weighted by molar-refractivity contribution is 6.34. The first kappa shape index (κ1) is 12.2. The molecule has 0 radical (unpaired) electrons. The fraction of sp³-hybridized carbons (Fsp3) is 0.188. The summed E-state index contributed by atoms with van der Waals surface area (Å²) in [5.74, 6) is 0.628. The molecule has 0 amide bonds. The van der Waals surface area contributed by atoms with E-state index in [1.54, 1.807) is 0 Å². The maximum atomic E-state index is 6.20. The van der Waals surface area contributed by atoms with E-state index in [1.807, 2.05) is 31.2 Å². The number of halogens is 1. The van der Waals surface area contributed by atoms with Crippen molar-refractivity contribution in [1.82, 2.24) is 4.98 Å². The molecule has 2 nitrogen and oxygen atoms in total. The van der Waals surface area contributed by atoms with Crippen LogP contribution in [-0.4, -0.2) is 4.98 Å². The number of aryl methyl sites for hydroxylation is 2. The summed E-state index contributed by atoms with van der Waals surface area (Å²) in [6.45, 7) is 6.16. The van der Waals surface area contributed by atoms with E-state index in [4.69, 9.17) is 16.0 Å². The van der Waals surface area contributed by atoms with Crippen LogP contribution in [0.25, 0.3) is 22.6 Å². The van der Waals surface area contributed by atoms with E-state index in [9.17, 15) is 0 Å². The predicted molar refractivity (Wildman–Crippen MR) is 78.7 cm³/mol. The van der Waals surface area contributed by atoms with Gasteiger partial charge in [-0.15, -0.1) is 0 Å². The molecule has 0 N–H and O–H groups in total. The zero-order valence-electron chi connectivity index (χ0n) is 11.1. The quantitative estimate of drug-likeness (QED) is 0.617. The van der Waals surface area contributed by atoms with Crippen LogP contribution >= 0.6 is 11.6 Å². The SMILES string of the molecule is Cc1cc(Cl)c2oc(-c3cccc(C)c3C)nc2c1. The Morgan fingerprint density at radius 3 is 2.68 bits per heavy atom. The smallest absolute Gasteiger partial charge is 0.227 e. The second-order valence-corrected chi connectivity index (χ2v) is 5.27. The van der Waals surface area contributed by atoms with E-state index in [0.29, 0.717) is 16.5 Å². The molecule has 0 unspecified atom stereocenters. The van der Waals surface area contributed by atoms with Crippen LogP contribution in [0.2, 0.25) is 5.02 Å². The van der Waals surface area contributed by atoms with E-state index in [1.165, 1.54) is 11.1 Å². The Hall–Kier alpha value is -1.80. The van der Waals surface area contributed by atoms with Crippen molar-refractivity contribution in [3.05, 3.63) is 52.0 Å². The fourth-order valence-corrected chi connectivity index (χ4v) is 2.53. The number of oxazole rings is 1. The largest absolute Gasteiger partial charge is 0.435 e. The van der Waals surface area contributed by atoms with Gasteiger partial charge in [0.2, 0.25) is 5.89 Å². The van der Waals surface area contributed by atoms with Gasteiger partial charge in [0.05, 0.1) is 5.02 Å². The van der Waals surface area contributed by atoms with Crippen LogP contribution in [0, 0.1) is 20.8 Å². The molecule has 0 bridgehead atoms. The molecule has 1 aromatic heterocycles. The maximum absolute atomic E-state index is 6.20. The number of benzene rings is 2. The van der Waals surface area contributed by atoms with Crippen LogP contribution < -0.4 is 0 Å². The summed E-state index contributed by atoms with van der Waals surface area (Å²) in [6, 6.07) is 9.99. The molecule has 0 aliphatic rings. The summed E-state index contributed by atoms with van der Waals surface area (Å²) < 4.78 is 5.83. The number of rotatable bonds is 1. The Morgan fingerprint density at radius 1 is 1.11 bits per heavy atom. The highest BCUT2D eigenvalue weighted by Crippen LogP contribution is 2.32. The van der Waals surface area contributed by atoms with Gasteiger partial charge in [-0.25, -0.2) is 4.98 Å². The van der Waals surface area contributed by atoms with Crippen LogP contribution in [0.15, 0.2) is 34.7 Å². The second-order valence-electron chi connectivity index (χ2n) is 4.86. The van der Waals surface area contributed by atoms with Crippen molar-refractivity contribution in [2.24, 2.45) is 0 Å². The van der Waals surface area contributed by atoms with Crippen molar-refractivity contribution in [3.63, 3.8) is 0 Å². The molecule has 3 rings (SSSR count). The van der Waals surface area contributed by atoms with Gasteiger partial charge in [0.15, 0.2) is 5.58 Å². The van der Waals surface area contributed by atoms with Crippen molar-refractivity contribution in [2.45, 2.75) is 20.8 Å². The predicted octanol–water partition coefficient (Wildman–Crippen LogP) is 5.07. The number of hydrogen-bond donors (Lipinski definition) is 0. The zero-order chi connectivity index (χ0) is 13.6. The number of hydrogen-bond acceptors (Lipinski definition) is 2. The lowest BCUT2D eigenvalue weighted by Crippen LogP contribution is -1.86. The minimum atomic E-state index is 0.610. The van der Waals surface area contributed by atoms with Gasteiger partial charge < -0.3 is 4.42 Å². The van der Waals surface area contributed by atoms with Gasteiger partial charge in [-0.1, -0.05) is 23.7 Å². The summed E-state index contributed by atoms with van der Waals surface area (Å²) in [6.07, 6.45) is 0. The first-order valence-electron chi connectivity index (χ1n) is 6.19. The Bertz CT molecular complexity index is 774. The Labute approximate surface area is 117 Å². The summed E-state index contributed by atoms with van der Waals surface area (Å²) in [4.78, 5) is 4.56. The molecule has 96 valence electrons. The molecule has 0 aliphatic heterocycles. The number of nitrogens with zero attached hydrogens (tertiary/aromatic N) is 1. The van der Waals surface area contributed by atoms with Crippen LogP contribution in [0.3, 0.4) is 0 Å². The molecule has 0 aliphatic carbocycles. The highest BCUT2D eigenvalue weighted by atomic mass is 35.5. The van der Waals surface area contributed by atoms with E-state index in [2.05, 4.69) is 24.9 Å². The molecule has 2 aromatic carbocycles. The van der Waals surface area contributed by atoms with Gasteiger partial charge in [0.1, 0.15) is 5.52 Å². The van der Waals surface area contributed by atoms with Gasteiger partial charge in [0, 0.05) is 5.56 Å². The second kappa shape index (κ2) is 4.39. The van der Waals surface area contributed by atoms with Crippen LogP contribution in [0.5, 0.6) is 0 Å². The topological polar surface area (TPSA) is 26.0 Å². The summed E-state index contributed by atoms with van der Waals surface area (Å²) >= 11 is 6.20. The zero-order valence-corrected chi connectivity index (χ0v) is 11.9. The molecule has 0 fully saturated rings. The minimum absolute atomic E-state index is 0.610. The Kier molecular flexibility index (Phi) is 2.83. The average molecular weight is 272 g/mol. The molecular weight excluding hydrogens is 258 g/mol. The molecule has 19 heavy (non-hydrogen) atoms. The molecule has 3 aromatic rings. The van der Waals surface area contributed by atoms with Gasteiger partial charge >= 0.3 is 0 Å². The Morgan fingerprint density at radius 2 is 1.89 bits per heavy atom. The normalized spacial score (nSPS) is 11.2. The fourth-order valence-electron chi connectivity index (χ4n) is 2.22. The van der Waals surface area contributed by atoms with Crippen LogP contribution in [-0.2, 0) is 0 Å². The maximum Gasteiger partial charge on any atom is 0.227 e. The average Bonchev–Trinajstić information content (AvgIpc) is 2.76. The van der Waals surface area contributed by atoms with Crippen LogP contribution in [0.4, 0.5) is 0 Å². The lowest BCUT2D eigenvalue weighted by atomic mass is 10.0. The third-order valence-corrected chi connectivity index (χ3v) is 3.70. The monoisotopic (exact) mass is 271 g/mol. The van der Waals surface area contributed by atoms with Crippen LogP contribution in [0.1, 0.15) is 16.7 Å². The van der Waals surface area contributed by atoms with E-state index < -0.39 is 0 Å². The molecular formula is C16H14ClNO. The molecule has 0 saturated heterocycles. The third kappa shape index (κ3) is 2.02. The molecule has 1 heterocycles. The number of fused-ring (bicyclic) bond motifs is 1. The van der Waals surface area contributed by atoms with Gasteiger partial charge in [0.25, 0.3) is 0 Å². The number of aromatic nitrogens is 1. The molecule has 0 spiro atoms. The highest BCUT2D eigenvalue weighted by Gasteiger charge is 2.13. The Balaban J connectivity index is 2.26. The van der Waals surface area contributed by atoms with Crippen molar-refractivity contribution >= 4 is 22.7 Å². The van der Waals surface area contributed by atoms with Gasteiger partial charge in [-0.3, -0.25) is 0 Å². The first-order valence-corrected chi connectivity index (χ1v) is 6.57.